The topological polar surface area (TPSA) is 105 Å². The van der Waals surface area contributed by atoms with E-state index in [9.17, 15) is 4.79 Å². The van der Waals surface area contributed by atoms with E-state index in [1.807, 2.05) is 0 Å². The van der Waals surface area contributed by atoms with Crippen LogP contribution in [0.2, 0.25) is 0 Å². The van der Waals surface area contributed by atoms with Gasteiger partial charge in [0.05, 0.1) is 38.9 Å². The number of amides is 1. The number of carbonyl (C=O) groups is 1. The predicted molar refractivity (Wildman–Crippen MR) is 116 cm³/mol. The highest BCUT2D eigenvalue weighted by Crippen LogP contribution is 2.30. The van der Waals surface area contributed by atoms with Crippen LogP contribution < -0.4 is 24.3 Å². The molecule has 0 radical (unpaired) electrons. The highest BCUT2D eigenvalue weighted by molar-refractivity contribution is 7.98. The van der Waals surface area contributed by atoms with Crippen LogP contribution in [0.25, 0.3) is 0 Å². The first-order valence-electron chi connectivity index (χ1n) is 9.20. The van der Waals surface area contributed by atoms with Crippen molar-refractivity contribution in [2.45, 2.75) is 10.9 Å². The largest absolute Gasteiger partial charge is 0.497 e. The van der Waals surface area contributed by atoms with Gasteiger partial charge in [-0.05, 0) is 18.2 Å². The van der Waals surface area contributed by atoms with Crippen LogP contribution in [0.15, 0.2) is 54.1 Å². The van der Waals surface area contributed by atoms with E-state index in [0.717, 1.165) is 5.69 Å². The van der Waals surface area contributed by atoms with E-state index in [1.54, 1.807) is 56.0 Å². The number of methoxy groups -OCH3 is 3. The Morgan fingerprint density at radius 3 is 2.45 bits per heavy atom. The van der Waals surface area contributed by atoms with Gasteiger partial charge >= 0.3 is 0 Å². The molecule has 0 aliphatic heterocycles. The molecule has 2 heterocycles. The molecule has 0 saturated heterocycles. The number of anilines is 1. The van der Waals surface area contributed by atoms with E-state index in [1.165, 1.54) is 26.0 Å². The lowest BCUT2D eigenvalue weighted by molar-refractivity contribution is -0.118. The minimum absolute atomic E-state index is 0.218. The standard InChI is InChI=1S/C21H22N4O5S/c1-27-15-5-6-16(17(10-15)28-2)25-20(26)12-30-18-9-14(24-11-19(18)29-3)13-31-21-22-7-4-8-23-21/h4-11H,12-13H2,1-3H3,(H,25,26). The maximum absolute atomic E-state index is 12.4. The number of aromatic nitrogens is 3. The van der Waals surface area contributed by atoms with Crippen LogP contribution in [0.5, 0.6) is 23.0 Å². The number of thioether (sulfide) groups is 1. The predicted octanol–water partition coefficient (Wildman–Crippen LogP) is 3.21. The lowest BCUT2D eigenvalue weighted by Crippen LogP contribution is -2.20. The number of carbonyl (C=O) groups excluding carboxylic acids is 1. The monoisotopic (exact) mass is 442 g/mol. The Morgan fingerprint density at radius 1 is 0.968 bits per heavy atom. The minimum Gasteiger partial charge on any atom is -0.497 e. The molecule has 3 aromatic rings. The number of pyridine rings is 1. The van der Waals surface area contributed by atoms with E-state index >= 15 is 0 Å². The van der Waals surface area contributed by atoms with Crippen LogP contribution in [0.3, 0.4) is 0 Å². The Kier molecular flexibility index (Phi) is 7.88. The zero-order chi connectivity index (χ0) is 22.1. The third kappa shape index (κ3) is 6.22. The maximum Gasteiger partial charge on any atom is 0.262 e. The molecule has 0 unspecified atom stereocenters. The van der Waals surface area contributed by atoms with Gasteiger partial charge in [-0.25, -0.2) is 9.97 Å². The highest BCUT2D eigenvalue weighted by Gasteiger charge is 2.13. The molecule has 162 valence electrons. The smallest absolute Gasteiger partial charge is 0.262 e. The van der Waals surface area contributed by atoms with Crippen molar-refractivity contribution in [3.05, 3.63) is 54.6 Å². The van der Waals surface area contributed by atoms with Crippen molar-refractivity contribution in [1.82, 2.24) is 15.0 Å². The Labute approximate surface area is 184 Å². The Balaban J connectivity index is 1.62. The van der Waals surface area contributed by atoms with Gasteiger partial charge in [0.2, 0.25) is 0 Å². The lowest BCUT2D eigenvalue weighted by atomic mass is 10.2. The van der Waals surface area contributed by atoms with Crippen molar-refractivity contribution in [3.8, 4) is 23.0 Å². The second-order valence-electron chi connectivity index (χ2n) is 6.05. The average Bonchev–Trinajstić information content (AvgIpc) is 2.82. The first-order valence-corrected chi connectivity index (χ1v) is 10.2. The van der Waals surface area contributed by atoms with Gasteiger partial charge in [-0.1, -0.05) is 11.8 Å². The lowest BCUT2D eigenvalue weighted by Gasteiger charge is -2.13. The van der Waals surface area contributed by atoms with Gasteiger partial charge in [-0.3, -0.25) is 9.78 Å². The molecule has 0 aliphatic carbocycles. The maximum atomic E-state index is 12.4. The Hall–Kier alpha value is -3.53. The summed E-state index contributed by atoms with van der Waals surface area (Å²) < 4.78 is 21.4. The van der Waals surface area contributed by atoms with Crippen molar-refractivity contribution in [1.29, 1.82) is 0 Å². The van der Waals surface area contributed by atoms with E-state index < -0.39 is 0 Å². The molecule has 0 atom stereocenters. The van der Waals surface area contributed by atoms with E-state index in [0.29, 0.717) is 39.6 Å². The zero-order valence-electron chi connectivity index (χ0n) is 17.3. The summed E-state index contributed by atoms with van der Waals surface area (Å²) in [6.45, 7) is -0.218. The van der Waals surface area contributed by atoms with Gasteiger partial charge < -0.3 is 24.3 Å². The summed E-state index contributed by atoms with van der Waals surface area (Å²) in [5.41, 5.74) is 1.25. The number of rotatable bonds is 10. The summed E-state index contributed by atoms with van der Waals surface area (Å²) in [6.07, 6.45) is 4.92. The Bertz CT molecular complexity index is 1020. The first kappa shape index (κ1) is 22.2. The van der Waals surface area contributed by atoms with Gasteiger partial charge in [0, 0.05) is 30.3 Å². The van der Waals surface area contributed by atoms with Crippen LogP contribution >= 0.6 is 11.8 Å². The SMILES string of the molecule is COc1ccc(NC(=O)COc2cc(CSc3ncccn3)ncc2OC)c(OC)c1. The normalized spacial score (nSPS) is 10.3. The molecule has 9 nitrogen and oxygen atoms in total. The summed E-state index contributed by atoms with van der Waals surface area (Å²) in [4.78, 5) is 25.1. The van der Waals surface area contributed by atoms with Crippen molar-refractivity contribution in [2.24, 2.45) is 0 Å². The summed E-state index contributed by atoms with van der Waals surface area (Å²) in [7, 11) is 4.59. The number of hydrogen-bond acceptors (Lipinski definition) is 9. The molecule has 0 bridgehead atoms. The average molecular weight is 442 g/mol. The molecule has 0 fully saturated rings. The molecule has 31 heavy (non-hydrogen) atoms. The van der Waals surface area contributed by atoms with Gasteiger partial charge in [0.25, 0.3) is 5.91 Å². The summed E-state index contributed by atoms with van der Waals surface area (Å²) in [6, 6.07) is 8.60. The number of benzene rings is 1. The molecule has 1 amide bonds. The number of ether oxygens (including phenoxy) is 4. The molecule has 1 N–H and O–H groups in total. The molecule has 0 saturated carbocycles. The fourth-order valence-corrected chi connectivity index (χ4v) is 3.25. The summed E-state index contributed by atoms with van der Waals surface area (Å²) in [5, 5.41) is 3.41. The van der Waals surface area contributed by atoms with Gasteiger partial charge in [0.1, 0.15) is 11.5 Å². The molecule has 10 heteroatoms. The van der Waals surface area contributed by atoms with Crippen LogP contribution in [0.4, 0.5) is 5.69 Å². The highest BCUT2D eigenvalue weighted by atomic mass is 32.2. The molecular weight excluding hydrogens is 420 g/mol. The molecular formula is C21H22N4O5S. The molecule has 2 aromatic heterocycles. The zero-order valence-corrected chi connectivity index (χ0v) is 18.1. The van der Waals surface area contributed by atoms with Gasteiger partial charge in [-0.2, -0.15) is 0 Å². The van der Waals surface area contributed by atoms with Gasteiger partial charge in [-0.15, -0.1) is 0 Å². The van der Waals surface area contributed by atoms with Crippen molar-refractivity contribution in [3.63, 3.8) is 0 Å². The van der Waals surface area contributed by atoms with Crippen molar-refractivity contribution < 1.29 is 23.7 Å². The third-order valence-electron chi connectivity index (χ3n) is 4.04. The first-order chi connectivity index (χ1) is 15.1. The van der Waals surface area contributed by atoms with Gasteiger partial charge in [0.15, 0.2) is 23.3 Å². The second kappa shape index (κ2) is 11.0. The van der Waals surface area contributed by atoms with Crippen LogP contribution in [0.1, 0.15) is 5.69 Å². The number of hydrogen-bond donors (Lipinski definition) is 1. The van der Waals surface area contributed by atoms with Crippen LogP contribution in [-0.2, 0) is 10.5 Å². The Morgan fingerprint density at radius 2 is 1.74 bits per heavy atom. The number of nitrogens with one attached hydrogen (secondary N) is 1. The fraction of sp³-hybridized carbons (Fsp3) is 0.238. The second-order valence-corrected chi connectivity index (χ2v) is 6.99. The van der Waals surface area contributed by atoms with E-state index in [4.69, 9.17) is 18.9 Å². The van der Waals surface area contributed by atoms with E-state index in [2.05, 4.69) is 20.3 Å². The van der Waals surface area contributed by atoms with Crippen LogP contribution in [0, 0.1) is 0 Å². The fourth-order valence-electron chi connectivity index (χ4n) is 2.54. The number of nitrogens with zero attached hydrogens (tertiary/aromatic N) is 3. The molecule has 0 aliphatic rings. The quantitative estimate of drug-likeness (QED) is 0.374. The summed E-state index contributed by atoms with van der Waals surface area (Å²) >= 11 is 1.44. The van der Waals surface area contributed by atoms with E-state index in [-0.39, 0.29) is 12.5 Å². The molecule has 1 aromatic carbocycles. The van der Waals surface area contributed by atoms with Crippen molar-refractivity contribution in [2.75, 3.05) is 33.3 Å². The van der Waals surface area contributed by atoms with Crippen LogP contribution in [-0.4, -0.2) is 48.8 Å². The molecule has 0 spiro atoms. The third-order valence-corrected chi connectivity index (χ3v) is 4.95. The van der Waals surface area contributed by atoms with Crippen molar-refractivity contribution >= 4 is 23.4 Å². The molecule has 3 rings (SSSR count). The summed E-state index contributed by atoms with van der Waals surface area (Å²) in [5.74, 6) is 2.14. The minimum atomic E-state index is -0.351.